The molecule has 0 heterocycles. The first-order chi connectivity index (χ1) is 9.80. The molecule has 20 heavy (non-hydrogen) atoms. The van der Waals surface area contributed by atoms with Gasteiger partial charge in [0.1, 0.15) is 5.75 Å². The minimum absolute atomic E-state index is 0.427. The van der Waals surface area contributed by atoms with Gasteiger partial charge in [0.25, 0.3) is 0 Å². The Morgan fingerprint density at radius 1 is 1.10 bits per heavy atom. The zero-order valence-corrected chi connectivity index (χ0v) is 13.8. The molecule has 0 atom stereocenters. The van der Waals surface area contributed by atoms with E-state index in [4.69, 9.17) is 13.6 Å². The normalized spacial score (nSPS) is 14.8. The standard InChI is InChI=1S/C16H25O3Si/c1-4-8-14-15(19-13-11-12-13)9-7-10-16(14)20(17-5-2)18-6-3/h7,9-10,13H,4-6,8,11-12H2,1-3H3. The zero-order chi connectivity index (χ0) is 14.4. The minimum atomic E-state index is -1.39. The van der Waals surface area contributed by atoms with Crippen molar-refractivity contribution in [3.05, 3.63) is 23.8 Å². The van der Waals surface area contributed by atoms with Gasteiger partial charge in [-0.2, -0.15) is 0 Å². The van der Waals surface area contributed by atoms with Gasteiger partial charge in [0.2, 0.25) is 0 Å². The van der Waals surface area contributed by atoms with Crippen LogP contribution in [0.25, 0.3) is 0 Å². The van der Waals surface area contributed by atoms with E-state index in [0.29, 0.717) is 19.3 Å². The number of hydrogen-bond acceptors (Lipinski definition) is 3. The van der Waals surface area contributed by atoms with Crippen molar-refractivity contribution in [3.63, 3.8) is 0 Å². The Hall–Kier alpha value is -0.843. The van der Waals surface area contributed by atoms with Gasteiger partial charge in [0.05, 0.1) is 6.10 Å². The molecule has 1 aromatic carbocycles. The van der Waals surface area contributed by atoms with E-state index in [-0.39, 0.29) is 0 Å². The monoisotopic (exact) mass is 293 g/mol. The third-order valence-electron chi connectivity index (χ3n) is 3.22. The van der Waals surface area contributed by atoms with Crippen LogP contribution in [0.2, 0.25) is 0 Å². The van der Waals surface area contributed by atoms with Crippen molar-refractivity contribution in [2.75, 3.05) is 13.2 Å². The van der Waals surface area contributed by atoms with Crippen LogP contribution < -0.4 is 9.92 Å². The van der Waals surface area contributed by atoms with Gasteiger partial charge in [-0.1, -0.05) is 25.5 Å². The molecular weight excluding hydrogens is 268 g/mol. The van der Waals surface area contributed by atoms with Crippen LogP contribution in [0.5, 0.6) is 5.75 Å². The van der Waals surface area contributed by atoms with E-state index in [1.807, 2.05) is 13.8 Å². The average Bonchev–Trinajstić information content (AvgIpc) is 3.25. The van der Waals surface area contributed by atoms with Crippen LogP contribution >= 0.6 is 0 Å². The highest BCUT2D eigenvalue weighted by molar-refractivity contribution is 6.62. The predicted molar refractivity (Wildman–Crippen MR) is 82.7 cm³/mol. The van der Waals surface area contributed by atoms with Crippen molar-refractivity contribution in [1.29, 1.82) is 0 Å². The van der Waals surface area contributed by atoms with E-state index in [2.05, 4.69) is 25.1 Å². The Morgan fingerprint density at radius 2 is 1.80 bits per heavy atom. The SMILES string of the molecule is CCCc1c(OC2CC2)cccc1[Si](OCC)OCC. The highest BCUT2D eigenvalue weighted by Crippen LogP contribution is 2.29. The van der Waals surface area contributed by atoms with Gasteiger partial charge in [-0.05, 0) is 44.7 Å². The van der Waals surface area contributed by atoms with Gasteiger partial charge in [0.15, 0.2) is 0 Å². The second-order valence-electron chi connectivity index (χ2n) is 5.00. The van der Waals surface area contributed by atoms with E-state index in [9.17, 15) is 0 Å². The molecule has 0 N–H and O–H groups in total. The molecule has 4 heteroatoms. The van der Waals surface area contributed by atoms with Gasteiger partial charge in [-0.3, -0.25) is 0 Å². The highest BCUT2D eigenvalue weighted by atomic mass is 28.3. The molecule has 1 aliphatic carbocycles. The lowest BCUT2D eigenvalue weighted by molar-refractivity contribution is 0.225. The Balaban J connectivity index is 2.27. The zero-order valence-electron chi connectivity index (χ0n) is 12.8. The summed E-state index contributed by atoms with van der Waals surface area (Å²) in [7, 11) is -1.39. The molecule has 1 aromatic rings. The number of benzene rings is 1. The van der Waals surface area contributed by atoms with Gasteiger partial charge in [0, 0.05) is 18.4 Å². The maximum Gasteiger partial charge on any atom is 0.424 e. The molecule has 1 radical (unpaired) electrons. The Kier molecular flexibility index (Phi) is 6.07. The Morgan fingerprint density at radius 3 is 2.35 bits per heavy atom. The van der Waals surface area contributed by atoms with Crippen LogP contribution in [0.3, 0.4) is 0 Å². The number of ether oxygens (including phenoxy) is 1. The summed E-state index contributed by atoms with van der Waals surface area (Å²) in [6.07, 6.45) is 4.92. The van der Waals surface area contributed by atoms with Gasteiger partial charge >= 0.3 is 9.28 Å². The van der Waals surface area contributed by atoms with Gasteiger partial charge < -0.3 is 13.6 Å². The lowest BCUT2D eigenvalue weighted by atomic mass is 10.1. The van der Waals surface area contributed by atoms with Crippen molar-refractivity contribution in [2.24, 2.45) is 0 Å². The molecule has 0 aliphatic heterocycles. The van der Waals surface area contributed by atoms with Crippen LogP contribution in [0.4, 0.5) is 0 Å². The van der Waals surface area contributed by atoms with E-state index in [1.54, 1.807) is 0 Å². The molecule has 0 spiro atoms. The van der Waals surface area contributed by atoms with Crippen LogP contribution in [0.1, 0.15) is 45.6 Å². The number of rotatable bonds is 9. The van der Waals surface area contributed by atoms with Crippen LogP contribution in [0.15, 0.2) is 18.2 Å². The summed E-state index contributed by atoms with van der Waals surface area (Å²) in [5.41, 5.74) is 1.29. The fourth-order valence-electron chi connectivity index (χ4n) is 2.20. The summed E-state index contributed by atoms with van der Waals surface area (Å²) < 4.78 is 17.8. The number of hydrogen-bond donors (Lipinski definition) is 0. The quantitative estimate of drug-likeness (QED) is 0.655. The molecule has 3 nitrogen and oxygen atoms in total. The van der Waals surface area contributed by atoms with Gasteiger partial charge in [-0.25, -0.2) is 0 Å². The lowest BCUT2D eigenvalue weighted by Crippen LogP contribution is -2.39. The molecule has 1 aliphatic rings. The largest absolute Gasteiger partial charge is 0.490 e. The fraction of sp³-hybridized carbons (Fsp3) is 0.625. The van der Waals surface area contributed by atoms with Crippen molar-refractivity contribution in [1.82, 2.24) is 0 Å². The van der Waals surface area contributed by atoms with Crippen LogP contribution in [-0.2, 0) is 15.3 Å². The van der Waals surface area contributed by atoms with Crippen LogP contribution in [0, 0.1) is 0 Å². The summed E-state index contributed by atoms with van der Waals surface area (Å²) in [4.78, 5) is 0. The second-order valence-corrected chi connectivity index (χ2v) is 6.69. The van der Waals surface area contributed by atoms with Crippen molar-refractivity contribution in [2.45, 2.75) is 52.6 Å². The molecule has 0 bridgehead atoms. The average molecular weight is 293 g/mol. The minimum Gasteiger partial charge on any atom is -0.490 e. The molecule has 111 valence electrons. The highest BCUT2D eigenvalue weighted by Gasteiger charge is 2.27. The molecule has 1 fully saturated rings. The third kappa shape index (κ3) is 4.07. The van der Waals surface area contributed by atoms with E-state index < -0.39 is 9.28 Å². The van der Waals surface area contributed by atoms with Crippen molar-refractivity contribution < 1.29 is 13.6 Å². The molecule has 2 rings (SSSR count). The molecule has 1 saturated carbocycles. The molecule has 0 saturated heterocycles. The first-order valence-electron chi connectivity index (χ1n) is 7.71. The summed E-state index contributed by atoms with van der Waals surface area (Å²) in [6, 6.07) is 6.30. The Bertz CT molecular complexity index is 412. The fourth-order valence-corrected chi connectivity index (χ4v) is 3.85. The summed E-state index contributed by atoms with van der Waals surface area (Å²) in [6.45, 7) is 7.62. The lowest BCUT2D eigenvalue weighted by Gasteiger charge is -2.19. The molecule has 0 unspecified atom stereocenters. The molecular formula is C16H25O3Si. The summed E-state index contributed by atoms with van der Waals surface area (Å²) in [5.74, 6) is 1.04. The summed E-state index contributed by atoms with van der Waals surface area (Å²) in [5, 5.41) is 1.22. The predicted octanol–water partition coefficient (Wildman–Crippen LogP) is 2.95. The first-order valence-corrected chi connectivity index (χ1v) is 9.03. The van der Waals surface area contributed by atoms with Crippen molar-refractivity contribution >= 4 is 14.5 Å². The van der Waals surface area contributed by atoms with Crippen LogP contribution in [-0.4, -0.2) is 28.6 Å². The first kappa shape index (κ1) is 15.5. The molecule has 0 aromatic heterocycles. The maximum atomic E-state index is 6.06. The van der Waals surface area contributed by atoms with E-state index >= 15 is 0 Å². The third-order valence-corrected chi connectivity index (χ3v) is 5.23. The topological polar surface area (TPSA) is 27.7 Å². The molecule has 0 amide bonds. The smallest absolute Gasteiger partial charge is 0.424 e. The maximum absolute atomic E-state index is 6.06. The Labute approximate surface area is 124 Å². The van der Waals surface area contributed by atoms with Gasteiger partial charge in [-0.15, -0.1) is 0 Å². The second kappa shape index (κ2) is 7.81. The van der Waals surface area contributed by atoms with E-state index in [0.717, 1.165) is 18.6 Å². The van der Waals surface area contributed by atoms with Crippen molar-refractivity contribution in [3.8, 4) is 5.75 Å². The summed E-state index contributed by atoms with van der Waals surface area (Å²) >= 11 is 0. The van der Waals surface area contributed by atoms with E-state index in [1.165, 1.54) is 23.6 Å².